The Balaban J connectivity index is 1.60. The summed E-state index contributed by atoms with van der Waals surface area (Å²) >= 11 is 1.62. The van der Waals surface area contributed by atoms with Crippen molar-refractivity contribution < 1.29 is 4.79 Å². The third kappa shape index (κ3) is 5.05. The van der Waals surface area contributed by atoms with Crippen LogP contribution in [0.25, 0.3) is 0 Å². The van der Waals surface area contributed by atoms with E-state index in [0.29, 0.717) is 18.7 Å². The predicted molar refractivity (Wildman–Crippen MR) is 80.4 cm³/mol. The Morgan fingerprint density at radius 3 is 3.10 bits per heavy atom. The highest BCUT2D eigenvalue weighted by Gasteiger charge is 2.03. The number of carbonyl (C=O) groups is 1. The molecule has 5 nitrogen and oxygen atoms in total. The molecule has 0 atom stereocenters. The van der Waals surface area contributed by atoms with Crippen LogP contribution in [-0.4, -0.2) is 33.4 Å². The molecule has 0 aliphatic carbocycles. The van der Waals surface area contributed by atoms with E-state index in [1.807, 2.05) is 6.07 Å². The Morgan fingerprint density at radius 1 is 1.45 bits per heavy atom. The van der Waals surface area contributed by atoms with Gasteiger partial charge in [-0.25, -0.2) is 4.98 Å². The zero-order valence-electron chi connectivity index (χ0n) is 11.4. The molecular formula is C14H18N4OS. The molecule has 0 saturated heterocycles. The number of hydrogen-bond donors (Lipinski definition) is 2. The average molecular weight is 290 g/mol. The highest BCUT2D eigenvalue weighted by atomic mass is 32.2. The number of aryl methyl sites for hydroxylation is 1. The van der Waals surface area contributed by atoms with E-state index in [1.54, 1.807) is 11.8 Å². The number of nitrogens with one attached hydrogen (secondary N) is 2. The number of rotatable bonds is 7. The van der Waals surface area contributed by atoms with Crippen LogP contribution < -0.4 is 5.32 Å². The van der Waals surface area contributed by atoms with E-state index in [9.17, 15) is 4.79 Å². The van der Waals surface area contributed by atoms with Crippen LogP contribution in [0.1, 0.15) is 17.0 Å². The highest BCUT2D eigenvalue weighted by Crippen LogP contribution is 2.13. The van der Waals surface area contributed by atoms with Crippen LogP contribution in [0.15, 0.2) is 30.6 Å². The molecule has 0 fully saturated rings. The Bertz CT molecular complexity index is 542. The lowest BCUT2D eigenvalue weighted by Gasteiger charge is -2.05. The molecule has 0 unspecified atom stereocenters. The van der Waals surface area contributed by atoms with Crippen LogP contribution in [0.4, 0.5) is 0 Å². The number of hydrogen-bond acceptors (Lipinski definition) is 4. The van der Waals surface area contributed by atoms with Crippen molar-refractivity contribution in [2.75, 3.05) is 12.3 Å². The molecule has 0 radical (unpaired) electrons. The summed E-state index contributed by atoms with van der Waals surface area (Å²) in [6.07, 6.45) is 2.14. The second-order valence-electron chi connectivity index (χ2n) is 4.51. The van der Waals surface area contributed by atoms with Gasteiger partial charge in [0.15, 0.2) is 0 Å². The smallest absolute Gasteiger partial charge is 0.230 e. The Hall–Kier alpha value is -1.82. The third-order valence-electron chi connectivity index (χ3n) is 2.73. The van der Waals surface area contributed by atoms with Gasteiger partial charge in [0.05, 0.1) is 5.75 Å². The van der Waals surface area contributed by atoms with Gasteiger partial charge in [-0.2, -0.15) is 5.10 Å². The summed E-state index contributed by atoms with van der Waals surface area (Å²) in [5, 5.41) is 9.39. The first-order chi connectivity index (χ1) is 9.74. The van der Waals surface area contributed by atoms with Gasteiger partial charge in [0.2, 0.25) is 5.91 Å². The van der Waals surface area contributed by atoms with E-state index in [4.69, 9.17) is 0 Å². The fourth-order valence-corrected chi connectivity index (χ4v) is 2.59. The second-order valence-corrected chi connectivity index (χ2v) is 5.50. The number of aromatic amines is 1. The van der Waals surface area contributed by atoms with Gasteiger partial charge >= 0.3 is 0 Å². The van der Waals surface area contributed by atoms with E-state index in [1.165, 1.54) is 17.5 Å². The molecule has 1 amide bonds. The van der Waals surface area contributed by atoms with Crippen molar-refractivity contribution in [1.82, 2.24) is 20.5 Å². The molecule has 0 saturated carbocycles. The maximum atomic E-state index is 11.7. The minimum absolute atomic E-state index is 0.0576. The number of aromatic nitrogens is 3. The van der Waals surface area contributed by atoms with E-state index in [2.05, 4.69) is 45.6 Å². The van der Waals surface area contributed by atoms with E-state index < -0.39 is 0 Å². The van der Waals surface area contributed by atoms with Crippen molar-refractivity contribution in [2.24, 2.45) is 0 Å². The molecule has 0 aliphatic heterocycles. The van der Waals surface area contributed by atoms with Crippen molar-refractivity contribution in [3.63, 3.8) is 0 Å². The van der Waals surface area contributed by atoms with Gasteiger partial charge < -0.3 is 5.32 Å². The lowest BCUT2D eigenvalue weighted by Crippen LogP contribution is -2.27. The van der Waals surface area contributed by atoms with Crippen molar-refractivity contribution in [2.45, 2.75) is 19.1 Å². The van der Waals surface area contributed by atoms with Crippen molar-refractivity contribution in [3.8, 4) is 0 Å². The van der Waals surface area contributed by atoms with Gasteiger partial charge in [-0.1, -0.05) is 29.8 Å². The first-order valence-electron chi connectivity index (χ1n) is 6.48. The fourth-order valence-electron chi connectivity index (χ4n) is 1.79. The summed E-state index contributed by atoms with van der Waals surface area (Å²) in [7, 11) is 0. The molecule has 0 aliphatic rings. The Kier molecular flexibility index (Phi) is 5.61. The van der Waals surface area contributed by atoms with Gasteiger partial charge in [-0.05, 0) is 12.5 Å². The van der Waals surface area contributed by atoms with Gasteiger partial charge in [-0.15, -0.1) is 11.8 Å². The molecule has 2 N–H and O–H groups in total. The van der Waals surface area contributed by atoms with Crippen molar-refractivity contribution in [3.05, 3.63) is 47.5 Å². The summed E-state index contributed by atoms with van der Waals surface area (Å²) in [5.41, 5.74) is 2.50. The molecule has 0 spiro atoms. The largest absolute Gasteiger partial charge is 0.355 e. The third-order valence-corrected chi connectivity index (χ3v) is 3.74. The molecule has 6 heteroatoms. The summed E-state index contributed by atoms with van der Waals surface area (Å²) < 4.78 is 0. The van der Waals surface area contributed by atoms with Crippen LogP contribution in [0.5, 0.6) is 0 Å². The summed E-state index contributed by atoms with van der Waals surface area (Å²) in [4.78, 5) is 15.7. The van der Waals surface area contributed by atoms with Gasteiger partial charge in [0.25, 0.3) is 0 Å². The molecule has 1 aromatic carbocycles. The summed E-state index contributed by atoms with van der Waals surface area (Å²) in [5.74, 6) is 2.18. The molecule has 1 aromatic heterocycles. The average Bonchev–Trinajstić information content (AvgIpc) is 2.92. The normalized spacial score (nSPS) is 10.4. The Labute approximate surface area is 122 Å². The molecular weight excluding hydrogens is 272 g/mol. The SMILES string of the molecule is Cc1cccc(CSCC(=O)NCCc2ncn[nH]2)c1. The zero-order valence-corrected chi connectivity index (χ0v) is 12.2. The first-order valence-corrected chi connectivity index (χ1v) is 7.64. The fraction of sp³-hybridized carbons (Fsp3) is 0.357. The van der Waals surface area contributed by atoms with Crippen LogP contribution in [0.2, 0.25) is 0 Å². The number of carbonyl (C=O) groups excluding carboxylic acids is 1. The van der Waals surface area contributed by atoms with Gasteiger partial charge in [0.1, 0.15) is 12.2 Å². The molecule has 2 rings (SSSR count). The standard InChI is InChI=1S/C14H18N4OS/c1-11-3-2-4-12(7-11)8-20-9-14(19)15-6-5-13-16-10-17-18-13/h2-4,7,10H,5-6,8-9H2,1H3,(H,15,19)(H,16,17,18). The lowest BCUT2D eigenvalue weighted by molar-refractivity contribution is -0.118. The van der Waals surface area contributed by atoms with E-state index in [0.717, 1.165) is 11.6 Å². The number of benzene rings is 1. The van der Waals surface area contributed by atoms with Crippen molar-refractivity contribution >= 4 is 17.7 Å². The van der Waals surface area contributed by atoms with Gasteiger partial charge in [-0.3, -0.25) is 9.89 Å². The van der Waals surface area contributed by atoms with Crippen LogP contribution in [0.3, 0.4) is 0 Å². The maximum Gasteiger partial charge on any atom is 0.230 e. The van der Waals surface area contributed by atoms with Crippen LogP contribution >= 0.6 is 11.8 Å². The van der Waals surface area contributed by atoms with Gasteiger partial charge in [0, 0.05) is 18.7 Å². The maximum absolute atomic E-state index is 11.7. The minimum atomic E-state index is 0.0576. The number of thioether (sulfide) groups is 1. The second kappa shape index (κ2) is 7.69. The summed E-state index contributed by atoms with van der Waals surface area (Å²) in [6.45, 7) is 2.66. The van der Waals surface area contributed by atoms with Crippen LogP contribution in [0, 0.1) is 6.92 Å². The van der Waals surface area contributed by atoms with E-state index >= 15 is 0 Å². The quantitative estimate of drug-likeness (QED) is 0.814. The summed E-state index contributed by atoms with van der Waals surface area (Å²) in [6, 6.07) is 8.35. The number of nitrogens with zero attached hydrogens (tertiary/aromatic N) is 2. The van der Waals surface area contributed by atoms with Crippen molar-refractivity contribution in [1.29, 1.82) is 0 Å². The van der Waals surface area contributed by atoms with Crippen LogP contribution in [-0.2, 0) is 17.0 Å². The topological polar surface area (TPSA) is 70.7 Å². The number of H-pyrrole nitrogens is 1. The highest BCUT2D eigenvalue weighted by molar-refractivity contribution is 7.99. The number of amides is 1. The lowest BCUT2D eigenvalue weighted by atomic mass is 10.2. The molecule has 1 heterocycles. The predicted octanol–water partition coefficient (Wildman–Crippen LogP) is 1.71. The monoisotopic (exact) mass is 290 g/mol. The van der Waals surface area contributed by atoms with E-state index in [-0.39, 0.29) is 5.91 Å². The zero-order chi connectivity index (χ0) is 14.2. The molecule has 0 bridgehead atoms. The molecule has 2 aromatic rings. The minimum Gasteiger partial charge on any atom is -0.355 e. The Morgan fingerprint density at radius 2 is 2.35 bits per heavy atom. The first kappa shape index (κ1) is 14.6. The molecule has 106 valence electrons. The molecule has 20 heavy (non-hydrogen) atoms.